The van der Waals surface area contributed by atoms with E-state index < -0.39 is 33.3 Å². The Morgan fingerprint density at radius 3 is 2.11 bits per heavy atom. The van der Waals surface area contributed by atoms with Crippen molar-refractivity contribution in [3.63, 3.8) is 0 Å². The largest absolute Gasteiger partial charge is 0.534 e. The van der Waals surface area contributed by atoms with E-state index in [-0.39, 0.29) is 5.57 Å². The Hall–Kier alpha value is -1.25. The Bertz CT molecular complexity index is 473. The van der Waals surface area contributed by atoms with Gasteiger partial charge in [0.1, 0.15) is 5.76 Å². The van der Waals surface area contributed by atoms with E-state index >= 15 is 0 Å². The van der Waals surface area contributed by atoms with Crippen LogP contribution in [0, 0.1) is 5.92 Å². The molecule has 0 aromatic heterocycles. The number of esters is 1. The van der Waals surface area contributed by atoms with E-state index in [1.807, 2.05) is 0 Å². The minimum atomic E-state index is -5.75. The van der Waals surface area contributed by atoms with Gasteiger partial charge in [-0.15, -0.1) is 0 Å². The van der Waals surface area contributed by atoms with E-state index in [1.54, 1.807) is 0 Å². The minimum Gasteiger partial charge on any atom is -0.466 e. The molecule has 9 heteroatoms. The number of ether oxygens (including phenoxy) is 1. The van der Waals surface area contributed by atoms with Gasteiger partial charge in [-0.2, -0.15) is 21.6 Å². The highest BCUT2D eigenvalue weighted by molar-refractivity contribution is 7.87. The molecule has 18 heavy (non-hydrogen) atoms. The van der Waals surface area contributed by atoms with Gasteiger partial charge in [0, 0.05) is 5.92 Å². The Morgan fingerprint density at radius 2 is 1.78 bits per heavy atom. The molecule has 1 fully saturated rings. The average molecular weight is 288 g/mol. The second kappa shape index (κ2) is 4.79. The fourth-order valence-electron chi connectivity index (χ4n) is 1.20. The van der Waals surface area contributed by atoms with Gasteiger partial charge in [0.05, 0.1) is 12.7 Å². The lowest BCUT2D eigenvalue weighted by molar-refractivity contribution is -0.136. The van der Waals surface area contributed by atoms with Crippen molar-refractivity contribution in [2.75, 3.05) is 7.11 Å². The molecule has 0 radical (unpaired) electrons. The summed E-state index contributed by atoms with van der Waals surface area (Å²) in [5.41, 5.74) is -5.79. The zero-order chi connectivity index (χ0) is 14.1. The molecule has 0 aromatic rings. The Kier molecular flexibility index (Phi) is 3.94. The molecule has 0 aliphatic heterocycles. The zero-order valence-corrected chi connectivity index (χ0v) is 10.4. The van der Waals surface area contributed by atoms with E-state index in [9.17, 15) is 26.4 Å². The molecule has 0 atom stereocenters. The van der Waals surface area contributed by atoms with E-state index in [0.29, 0.717) is 12.8 Å². The van der Waals surface area contributed by atoms with E-state index in [4.69, 9.17) is 0 Å². The van der Waals surface area contributed by atoms with Crippen LogP contribution in [0.4, 0.5) is 13.2 Å². The summed E-state index contributed by atoms with van der Waals surface area (Å²) in [4.78, 5) is 11.2. The van der Waals surface area contributed by atoms with Crippen molar-refractivity contribution >= 4 is 16.1 Å². The van der Waals surface area contributed by atoms with Gasteiger partial charge in [-0.3, -0.25) is 0 Å². The fourth-order valence-corrected chi connectivity index (χ4v) is 1.79. The van der Waals surface area contributed by atoms with Crippen LogP contribution in [-0.2, 0) is 23.8 Å². The van der Waals surface area contributed by atoms with Crippen LogP contribution in [0.5, 0.6) is 0 Å². The predicted octanol–water partition coefficient (Wildman–Crippen LogP) is 1.71. The molecule has 0 heterocycles. The minimum absolute atomic E-state index is 0.271. The van der Waals surface area contributed by atoms with Crippen LogP contribution in [0.1, 0.15) is 19.8 Å². The highest BCUT2D eigenvalue weighted by Gasteiger charge is 2.50. The second-order valence-electron chi connectivity index (χ2n) is 3.74. The van der Waals surface area contributed by atoms with Crippen molar-refractivity contribution in [2.45, 2.75) is 25.3 Å². The lowest BCUT2D eigenvalue weighted by Gasteiger charge is -2.13. The molecule has 5 nitrogen and oxygen atoms in total. The van der Waals surface area contributed by atoms with Crippen molar-refractivity contribution in [1.82, 2.24) is 0 Å². The van der Waals surface area contributed by atoms with Crippen molar-refractivity contribution in [2.24, 2.45) is 5.92 Å². The van der Waals surface area contributed by atoms with Gasteiger partial charge in [-0.25, -0.2) is 4.79 Å². The number of hydrogen-bond donors (Lipinski definition) is 0. The number of allylic oxidation sites excluding steroid dienone is 1. The molecule has 0 amide bonds. The van der Waals surface area contributed by atoms with Crippen molar-refractivity contribution < 1.29 is 35.3 Å². The fraction of sp³-hybridized carbons (Fsp3) is 0.667. The van der Waals surface area contributed by atoms with E-state index in [1.165, 1.54) is 0 Å². The first-order valence-corrected chi connectivity index (χ1v) is 6.31. The van der Waals surface area contributed by atoms with Gasteiger partial charge < -0.3 is 8.92 Å². The van der Waals surface area contributed by atoms with Gasteiger partial charge in [0.25, 0.3) is 0 Å². The van der Waals surface area contributed by atoms with E-state index in [2.05, 4.69) is 8.92 Å². The highest BCUT2D eigenvalue weighted by atomic mass is 32.2. The summed E-state index contributed by atoms with van der Waals surface area (Å²) >= 11 is 0. The molecule has 0 N–H and O–H groups in total. The monoisotopic (exact) mass is 288 g/mol. The van der Waals surface area contributed by atoms with Crippen LogP contribution in [0.2, 0.25) is 0 Å². The number of hydrogen-bond acceptors (Lipinski definition) is 5. The van der Waals surface area contributed by atoms with Gasteiger partial charge in [0.15, 0.2) is 0 Å². The SMILES string of the molecule is COC(=O)/C(C)=C(/OS(=O)(=O)C(F)(F)F)C1CC1. The number of alkyl halides is 3. The summed E-state index contributed by atoms with van der Waals surface area (Å²) in [6.07, 6.45) is 0.939. The van der Waals surface area contributed by atoms with Gasteiger partial charge in [0.2, 0.25) is 0 Å². The normalized spacial score (nSPS) is 18.1. The first-order chi connectivity index (χ1) is 8.10. The molecule has 1 aliphatic carbocycles. The summed E-state index contributed by atoms with van der Waals surface area (Å²) in [5.74, 6) is -1.89. The van der Waals surface area contributed by atoms with Crippen LogP contribution in [0.15, 0.2) is 11.3 Å². The zero-order valence-electron chi connectivity index (χ0n) is 9.57. The summed E-state index contributed by atoms with van der Waals surface area (Å²) < 4.78 is 66.6. The molecule has 0 saturated heterocycles. The van der Waals surface area contributed by atoms with Crippen LogP contribution in [0.25, 0.3) is 0 Å². The van der Waals surface area contributed by atoms with Crippen LogP contribution in [0.3, 0.4) is 0 Å². The maximum Gasteiger partial charge on any atom is 0.534 e. The summed E-state index contributed by atoms with van der Waals surface area (Å²) in [5, 5.41) is 0. The smallest absolute Gasteiger partial charge is 0.466 e. The maximum atomic E-state index is 12.2. The van der Waals surface area contributed by atoms with E-state index in [0.717, 1.165) is 14.0 Å². The Labute approximate surface area is 102 Å². The third kappa shape index (κ3) is 3.15. The number of rotatable bonds is 4. The van der Waals surface area contributed by atoms with Gasteiger partial charge >= 0.3 is 21.6 Å². The first-order valence-electron chi connectivity index (χ1n) is 4.90. The third-order valence-electron chi connectivity index (χ3n) is 2.29. The third-order valence-corrected chi connectivity index (χ3v) is 3.26. The van der Waals surface area contributed by atoms with Crippen molar-refractivity contribution in [3.8, 4) is 0 Å². The number of halogens is 3. The second-order valence-corrected chi connectivity index (χ2v) is 5.28. The molecule has 1 rings (SSSR count). The van der Waals surface area contributed by atoms with Crippen molar-refractivity contribution in [1.29, 1.82) is 0 Å². The molecule has 1 aliphatic rings. The van der Waals surface area contributed by atoms with Crippen LogP contribution < -0.4 is 0 Å². The maximum absolute atomic E-state index is 12.2. The molecule has 0 aromatic carbocycles. The van der Waals surface area contributed by atoms with Crippen LogP contribution >= 0.6 is 0 Å². The standard InChI is InChI=1S/C9H11F3O5S/c1-5(8(13)16-2)7(6-3-4-6)17-18(14,15)9(10,11)12/h6H,3-4H2,1-2H3/b7-5+. The van der Waals surface area contributed by atoms with Crippen molar-refractivity contribution in [3.05, 3.63) is 11.3 Å². The lowest BCUT2D eigenvalue weighted by atomic mass is 10.2. The molecule has 0 spiro atoms. The first kappa shape index (κ1) is 14.8. The molecule has 104 valence electrons. The summed E-state index contributed by atoms with van der Waals surface area (Å²) in [6.45, 7) is 1.16. The average Bonchev–Trinajstić information content (AvgIpc) is 3.06. The van der Waals surface area contributed by atoms with Crippen LogP contribution in [-0.4, -0.2) is 27.0 Å². The Morgan fingerprint density at radius 1 is 1.28 bits per heavy atom. The molecule has 1 saturated carbocycles. The topological polar surface area (TPSA) is 69.7 Å². The lowest BCUT2D eigenvalue weighted by Crippen LogP contribution is -2.26. The molecular weight excluding hydrogens is 277 g/mol. The number of methoxy groups -OCH3 is 1. The summed E-state index contributed by atoms with van der Waals surface area (Å²) in [6, 6.07) is 0. The summed E-state index contributed by atoms with van der Waals surface area (Å²) in [7, 11) is -4.72. The van der Waals surface area contributed by atoms with Gasteiger partial charge in [-0.1, -0.05) is 0 Å². The highest BCUT2D eigenvalue weighted by Crippen LogP contribution is 2.41. The number of carbonyl (C=O) groups is 1. The van der Waals surface area contributed by atoms with Gasteiger partial charge in [-0.05, 0) is 19.8 Å². The quantitative estimate of drug-likeness (QED) is 0.259. The molecule has 0 bridgehead atoms. The predicted molar refractivity (Wildman–Crippen MR) is 53.5 cm³/mol. The molecular formula is C9H11F3O5S. The number of carbonyl (C=O) groups excluding carboxylic acids is 1. The Balaban J connectivity index is 3.07. The molecule has 0 unspecified atom stereocenters.